The van der Waals surface area contributed by atoms with E-state index in [1.165, 1.54) is 29.5 Å². The highest BCUT2D eigenvalue weighted by Crippen LogP contribution is 2.20. The molecule has 0 saturated heterocycles. The highest BCUT2D eigenvalue weighted by molar-refractivity contribution is 7.10. The maximum absolute atomic E-state index is 13.6. The van der Waals surface area contributed by atoms with Crippen LogP contribution in [0.5, 0.6) is 0 Å². The molecule has 0 spiro atoms. The van der Waals surface area contributed by atoms with Crippen molar-refractivity contribution in [2.24, 2.45) is 0 Å². The van der Waals surface area contributed by atoms with Gasteiger partial charge in [-0.05, 0) is 23.6 Å². The number of amides is 1. The summed E-state index contributed by atoms with van der Waals surface area (Å²) in [7, 11) is 0. The predicted octanol–water partition coefficient (Wildman–Crippen LogP) is 2.81. The van der Waals surface area contributed by atoms with Crippen LogP contribution in [0.2, 0.25) is 5.02 Å². The summed E-state index contributed by atoms with van der Waals surface area (Å²) in [4.78, 5) is 12.8. The molecule has 2 aromatic rings. The Morgan fingerprint density at radius 1 is 1.43 bits per heavy atom. The summed E-state index contributed by atoms with van der Waals surface area (Å²) in [5.74, 6) is 4.10. The third-order valence-electron chi connectivity index (χ3n) is 2.65. The van der Waals surface area contributed by atoms with Crippen molar-refractivity contribution in [2.45, 2.75) is 6.54 Å². The minimum atomic E-state index is -0.661. The van der Waals surface area contributed by atoms with Gasteiger partial charge in [-0.2, -0.15) is 0 Å². The van der Waals surface area contributed by atoms with Gasteiger partial charge in [-0.3, -0.25) is 4.79 Å². The van der Waals surface area contributed by atoms with Crippen LogP contribution in [0.1, 0.15) is 20.8 Å². The summed E-state index contributed by atoms with van der Waals surface area (Å²) in [6.07, 6.45) is 0. The van der Waals surface area contributed by atoms with E-state index in [0.29, 0.717) is 0 Å². The number of thiophene rings is 1. The molecule has 1 aromatic carbocycles. The molecule has 0 bridgehead atoms. The summed E-state index contributed by atoms with van der Waals surface area (Å²) in [6, 6.07) is 5.88. The summed E-state index contributed by atoms with van der Waals surface area (Å²) >= 11 is 7.26. The molecule has 0 radical (unpaired) electrons. The van der Waals surface area contributed by atoms with Crippen molar-refractivity contribution >= 4 is 28.8 Å². The average molecular weight is 324 g/mol. The molecule has 0 atom stereocenters. The van der Waals surface area contributed by atoms with Gasteiger partial charge in [-0.15, -0.1) is 11.3 Å². The van der Waals surface area contributed by atoms with Gasteiger partial charge in [0.25, 0.3) is 5.91 Å². The Labute approximate surface area is 130 Å². The fourth-order valence-electron chi connectivity index (χ4n) is 1.69. The number of halogens is 2. The molecule has 21 heavy (non-hydrogen) atoms. The number of carbonyl (C=O) groups excluding carboxylic acids is 1. The van der Waals surface area contributed by atoms with Crippen molar-refractivity contribution in [3.8, 4) is 11.8 Å². The molecule has 0 saturated carbocycles. The third kappa shape index (κ3) is 3.82. The van der Waals surface area contributed by atoms with Crippen molar-refractivity contribution in [3.63, 3.8) is 0 Å². The van der Waals surface area contributed by atoms with Crippen LogP contribution in [0.4, 0.5) is 4.39 Å². The standard InChI is InChI=1S/C15H11ClFNO2S/c16-11-4-1-5-12(17)14(11)15(20)18-9-13-10(3-2-7-19)6-8-21-13/h1,4-6,8,19H,7,9H2,(H,18,20). The first-order chi connectivity index (χ1) is 10.1. The Balaban J connectivity index is 2.10. The van der Waals surface area contributed by atoms with Crippen molar-refractivity contribution in [3.05, 3.63) is 56.5 Å². The molecule has 1 heterocycles. The van der Waals surface area contributed by atoms with Crippen LogP contribution in [0, 0.1) is 17.7 Å². The van der Waals surface area contributed by atoms with Gasteiger partial charge in [0.1, 0.15) is 12.4 Å². The summed E-state index contributed by atoms with van der Waals surface area (Å²) in [5.41, 5.74) is 0.563. The Hall–Kier alpha value is -1.87. The predicted molar refractivity (Wildman–Crippen MR) is 80.9 cm³/mol. The molecule has 0 aliphatic heterocycles. The zero-order chi connectivity index (χ0) is 15.2. The minimum Gasteiger partial charge on any atom is -0.384 e. The van der Waals surface area contributed by atoms with Crippen LogP contribution >= 0.6 is 22.9 Å². The number of nitrogens with one attached hydrogen (secondary N) is 1. The molecular formula is C15H11ClFNO2S. The maximum atomic E-state index is 13.6. The topological polar surface area (TPSA) is 49.3 Å². The van der Waals surface area contributed by atoms with E-state index < -0.39 is 11.7 Å². The number of benzene rings is 1. The fourth-order valence-corrected chi connectivity index (χ4v) is 2.71. The SMILES string of the molecule is O=C(NCc1sccc1C#CCO)c1c(F)cccc1Cl. The third-order valence-corrected chi connectivity index (χ3v) is 3.88. The van der Waals surface area contributed by atoms with E-state index in [0.717, 1.165) is 10.4 Å². The molecule has 0 aliphatic carbocycles. The molecular weight excluding hydrogens is 313 g/mol. The number of rotatable bonds is 3. The normalized spacial score (nSPS) is 9.86. The van der Waals surface area contributed by atoms with Crippen molar-refractivity contribution in [1.29, 1.82) is 0 Å². The maximum Gasteiger partial charge on any atom is 0.256 e. The molecule has 2 rings (SSSR count). The van der Waals surface area contributed by atoms with Gasteiger partial charge in [-0.25, -0.2) is 4.39 Å². The monoisotopic (exact) mass is 323 g/mol. The van der Waals surface area contributed by atoms with E-state index in [1.807, 2.05) is 5.38 Å². The Morgan fingerprint density at radius 2 is 2.24 bits per heavy atom. The van der Waals surface area contributed by atoms with E-state index in [-0.39, 0.29) is 23.7 Å². The van der Waals surface area contributed by atoms with E-state index in [1.54, 1.807) is 6.07 Å². The second-order valence-corrected chi connectivity index (χ2v) is 5.40. The van der Waals surface area contributed by atoms with Crippen LogP contribution < -0.4 is 5.32 Å². The lowest BCUT2D eigenvalue weighted by Gasteiger charge is -2.07. The lowest BCUT2D eigenvalue weighted by Crippen LogP contribution is -2.24. The first-order valence-electron chi connectivity index (χ1n) is 6.01. The van der Waals surface area contributed by atoms with Crippen molar-refractivity contribution in [2.75, 3.05) is 6.61 Å². The smallest absolute Gasteiger partial charge is 0.256 e. The van der Waals surface area contributed by atoms with Crippen molar-refractivity contribution < 1.29 is 14.3 Å². The van der Waals surface area contributed by atoms with Gasteiger partial charge >= 0.3 is 0 Å². The van der Waals surface area contributed by atoms with Crippen LogP contribution in [0.25, 0.3) is 0 Å². The Bertz CT molecular complexity index is 698. The molecule has 108 valence electrons. The highest BCUT2D eigenvalue weighted by atomic mass is 35.5. The number of carbonyl (C=O) groups is 1. The second kappa shape index (κ2) is 7.23. The number of aliphatic hydroxyl groups is 1. The zero-order valence-corrected chi connectivity index (χ0v) is 12.4. The van der Waals surface area contributed by atoms with E-state index >= 15 is 0 Å². The summed E-state index contributed by atoms with van der Waals surface area (Å²) in [5, 5.41) is 13.2. The molecule has 0 unspecified atom stereocenters. The number of aliphatic hydroxyl groups excluding tert-OH is 1. The van der Waals surface area contributed by atoms with E-state index in [2.05, 4.69) is 17.2 Å². The summed E-state index contributed by atoms with van der Waals surface area (Å²) in [6.45, 7) is -0.0108. The highest BCUT2D eigenvalue weighted by Gasteiger charge is 2.15. The molecule has 6 heteroatoms. The van der Waals surface area contributed by atoms with Crippen LogP contribution in [0.3, 0.4) is 0 Å². The number of hydrogen-bond acceptors (Lipinski definition) is 3. The van der Waals surface area contributed by atoms with Gasteiger partial charge in [0.2, 0.25) is 0 Å². The minimum absolute atomic E-state index is 0.0685. The van der Waals surface area contributed by atoms with Gasteiger partial charge in [0, 0.05) is 10.4 Å². The second-order valence-electron chi connectivity index (χ2n) is 4.00. The summed E-state index contributed by atoms with van der Waals surface area (Å²) < 4.78 is 13.6. The van der Waals surface area contributed by atoms with Gasteiger partial charge in [-0.1, -0.05) is 29.5 Å². The first kappa shape index (κ1) is 15.5. The Kier molecular flexibility index (Phi) is 5.34. The van der Waals surface area contributed by atoms with E-state index in [4.69, 9.17) is 16.7 Å². The Morgan fingerprint density at radius 3 is 2.95 bits per heavy atom. The molecule has 2 N–H and O–H groups in total. The van der Waals surface area contributed by atoms with Gasteiger partial charge in [0.05, 0.1) is 17.1 Å². The average Bonchev–Trinajstić information content (AvgIpc) is 2.90. The molecule has 0 aliphatic rings. The number of hydrogen-bond donors (Lipinski definition) is 2. The zero-order valence-electron chi connectivity index (χ0n) is 10.8. The van der Waals surface area contributed by atoms with Crippen LogP contribution in [0.15, 0.2) is 29.6 Å². The lowest BCUT2D eigenvalue weighted by molar-refractivity contribution is 0.0947. The van der Waals surface area contributed by atoms with Gasteiger partial charge < -0.3 is 10.4 Å². The van der Waals surface area contributed by atoms with Gasteiger partial charge in [0.15, 0.2) is 0 Å². The molecule has 1 amide bonds. The quantitative estimate of drug-likeness (QED) is 0.853. The largest absolute Gasteiger partial charge is 0.384 e. The first-order valence-corrected chi connectivity index (χ1v) is 7.27. The van der Waals surface area contributed by atoms with Crippen molar-refractivity contribution in [1.82, 2.24) is 5.32 Å². The van der Waals surface area contributed by atoms with E-state index in [9.17, 15) is 9.18 Å². The lowest BCUT2D eigenvalue weighted by atomic mass is 10.2. The molecule has 3 nitrogen and oxygen atoms in total. The van der Waals surface area contributed by atoms with Crippen LogP contribution in [-0.2, 0) is 6.54 Å². The van der Waals surface area contributed by atoms with Crippen LogP contribution in [-0.4, -0.2) is 17.6 Å². The molecule has 1 aromatic heterocycles. The fraction of sp³-hybridized carbons (Fsp3) is 0.133. The molecule has 0 fully saturated rings.